The fourth-order valence-electron chi connectivity index (χ4n) is 3.11. The van der Waals surface area contributed by atoms with Crippen LogP contribution in [0.15, 0.2) is 24.3 Å². The van der Waals surface area contributed by atoms with Crippen molar-refractivity contribution in [2.75, 3.05) is 31.5 Å². The molecule has 0 aliphatic rings. The van der Waals surface area contributed by atoms with Crippen LogP contribution in [0.4, 0.5) is 5.69 Å². The molecule has 0 radical (unpaired) electrons. The van der Waals surface area contributed by atoms with E-state index in [4.69, 9.17) is 0 Å². The number of quaternary nitrogens is 1. The Balaban J connectivity index is 2.27. The first-order valence-corrected chi connectivity index (χ1v) is 10.4. The van der Waals surface area contributed by atoms with Gasteiger partial charge in [-0.1, -0.05) is 32.9 Å². The summed E-state index contributed by atoms with van der Waals surface area (Å²) in [7, 11) is 0. The summed E-state index contributed by atoms with van der Waals surface area (Å²) in [5.74, 6) is 0.485. The normalized spacial score (nSPS) is 12.3. The van der Waals surface area contributed by atoms with Gasteiger partial charge in [0.25, 0.3) is 0 Å². The number of amides is 2. The van der Waals surface area contributed by atoms with Crippen LogP contribution in [0.3, 0.4) is 0 Å². The number of nitrogens with one attached hydrogen (secondary N) is 3. The molecule has 5 heteroatoms. The van der Waals surface area contributed by atoms with Crippen LogP contribution in [0.5, 0.6) is 0 Å². The van der Waals surface area contributed by atoms with Gasteiger partial charge in [-0.2, -0.15) is 0 Å². The molecule has 5 nitrogen and oxygen atoms in total. The largest absolute Gasteiger partial charge is 0.356 e. The van der Waals surface area contributed by atoms with Crippen molar-refractivity contribution in [1.29, 1.82) is 0 Å². The maximum Gasteiger partial charge on any atom is 0.224 e. The van der Waals surface area contributed by atoms with Gasteiger partial charge in [0.05, 0.1) is 19.6 Å². The van der Waals surface area contributed by atoms with E-state index in [1.54, 1.807) is 4.90 Å². The second-order valence-corrected chi connectivity index (χ2v) is 7.75. The molecule has 0 saturated heterocycles. The minimum Gasteiger partial charge on any atom is -0.356 e. The zero-order valence-corrected chi connectivity index (χ0v) is 17.7. The summed E-state index contributed by atoms with van der Waals surface area (Å²) >= 11 is 0. The topological polar surface area (TPSA) is 62.6 Å². The molecule has 1 atom stereocenters. The first-order valence-electron chi connectivity index (χ1n) is 10.4. The van der Waals surface area contributed by atoms with E-state index in [-0.39, 0.29) is 17.7 Å². The van der Waals surface area contributed by atoms with Crippen molar-refractivity contribution in [3.05, 3.63) is 29.8 Å². The van der Waals surface area contributed by atoms with Crippen molar-refractivity contribution in [2.45, 2.75) is 59.8 Å². The van der Waals surface area contributed by atoms with Crippen molar-refractivity contribution in [3.8, 4) is 0 Å². The number of benzene rings is 1. The maximum atomic E-state index is 12.2. The molecule has 1 rings (SSSR count). The van der Waals surface area contributed by atoms with Gasteiger partial charge in [-0.15, -0.1) is 0 Å². The molecule has 0 bridgehead atoms. The Kier molecular flexibility index (Phi) is 10.7. The summed E-state index contributed by atoms with van der Waals surface area (Å²) in [4.78, 5) is 25.8. The Morgan fingerprint density at radius 2 is 1.56 bits per heavy atom. The molecule has 0 aliphatic carbocycles. The van der Waals surface area contributed by atoms with Crippen molar-refractivity contribution in [1.82, 2.24) is 5.32 Å². The molecule has 1 aromatic carbocycles. The fraction of sp³-hybridized carbons (Fsp3) is 0.636. The highest BCUT2D eigenvalue weighted by Crippen LogP contribution is 2.18. The van der Waals surface area contributed by atoms with Crippen LogP contribution in [0.2, 0.25) is 0 Å². The van der Waals surface area contributed by atoms with Gasteiger partial charge < -0.3 is 15.5 Å². The Hall–Kier alpha value is -1.88. The molecule has 27 heavy (non-hydrogen) atoms. The summed E-state index contributed by atoms with van der Waals surface area (Å²) in [6.45, 7) is 14.6. The number of rotatable bonds is 12. The van der Waals surface area contributed by atoms with Gasteiger partial charge in [0.1, 0.15) is 0 Å². The summed E-state index contributed by atoms with van der Waals surface area (Å²) in [5.41, 5.74) is 2.06. The standard InChI is InChI=1S/C22H37N3O2/c1-6-25(7-2)14-8-13-23-21(26)15-18(5)16-22(27)24-20-11-9-19(10-12-20)17(3)4/h9-12,17-18H,6-8,13-16H2,1-5H3,(H,23,26)(H,24,27)/p+1/t18-/m0/s1. The smallest absolute Gasteiger partial charge is 0.224 e. The lowest BCUT2D eigenvalue weighted by atomic mass is 10.0. The summed E-state index contributed by atoms with van der Waals surface area (Å²) < 4.78 is 0. The molecule has 0 aromatic heterocycles. The number of hydrogen-bond donors (Lipinski definition) is 3. The molecular formula is C22H38N3O2+. The van der Waals surface area contributed by atoms with E-state index in [9.17, 15) is 9.59 Å². The second kappa shape index (κ2) is 12.5. The van der Waals surface area contributed by atoms with Crippen LogP contribution in [-0.4, -0.2) is 38.0 Å². The third-order valence-electron chi connectivity index (χ3n) is 4.96. The van der Waals surface area contributed by atoms with E-state index in [0.29, 0.717) is 25.3 Å². The molecule has 0 saturated carbocycles. The third-order valence-corrected chi connectivity index (χ3v) is 4.96. The van der Waals surface area contributed by atoms with Crippen molar-refractivity contribution < 1.29 is 14.5 Å². The van der Waals surface area contributed by atoms with Crippen LogP contribution in [-0.2, 0) is 9.59 Å². The molecule has 0 unspecified atom stereocenters. The highest BCUT2D eigenvalue weighted by molar-refractivity contribution is 5.91. The lowest BCUT2D eigenvalue weighted by molar-refractivity contribution is -0.896. The van der Waals surface area contributed by atoms with E-state index in [1.807, 2.05) is 31.2 Å². The van der Waals surface area contributed by atoms with Crippen LogP contribution < -0.4 is 15.5 Å². The highest BCUT2D eigenvalue weighted by Gasteiger charge is 2.14. The molecule has 1 aromatic rings. The van der Waals surface area contributed by atoms with Gasteiger partial charge in [0.15, 0.2) is 0 Å². The van der Waals surface area contributed by atoms with Gasteiger partial charge in [0.2, 0.25) is 11.8 Å². The molecule has 0 fully saturated rings. The van der Waals surface area contributed by atoms with E-state index in [0.717, 1.165) is 31.7 Å². The number of anilines is 1. The summed E-state index contributed by atoms with van der Waals surface area (Å²) in [5, 5.41) is 5.89. The first-order chi connectivity index (χ1) is 12.8. The lowest BCUT2D eigenvalue weighted by Crippen LogP contribution is -3.11. The molecule has 0 spiro atoms. The minimum atomic E-state index is -0.0438. The van der Waals surface area contributed by atoms with E-state index >= 15 is 0 Å². The van der Waals surface area contributed by atoms with Crippen LogP contribution >= 0.6 is 0 Å². The number of hydrogen-bond acceptors (Lipinski definition) is 2. The average molecular weight is 377 g/mol. The Labute approximate surface area is 164 Å². The molecule has 152 valence electrons. The zero-order chi connectivity index (χ0) is 20.2. The zero-order valence-electron chi connectivity index (χ0n) is 17.7. The summed E-state index contributed by atoms with van der Waals surface area (Å²) in [6, 6.07) is 7.94. The maximum absolute atomic E-state index is 12.2. The second-order valence-electron chi connectivity index (χ2n) is 7.75. The van der Waals surface area contributed by atoms with E-state index in [1.165, 1.54) is 5.56 Å². The van der Waals surface area contributed by atoms with Gasteiger partial charge in [-0.25, -0.2) is 0 Å². The van der Waals surface area contributed by atoms with Gasteiger partial charge in [-0.3, -0.25) is 9.59 Å². The van der Waals surface area contributed by atoms with Crippen LogP contribution in [0.1, 0.15) is 65.4 Å². The molecule has 0 heterocycles. The average Bonchev–Trinajstić information content (AvgIpc) is 2.62. The Bertz CT molecular complexity index is 565. The van der Waals surface area contributed by atoms with Crippen molar-refractivity contribution in [2.24, 2.45) is 5.92 Å². The quantitative estimate of drug-likeness (QED) is 0.491. The Morgan fingerprint density at radius 1 is 0.963 bits per heavy atom. The van der Waals surface area contributed by atoms with Gasteiger partial charge in [-0.05, 0) is 43.4 Å². The van der Waals surface area contributed by atoms with E-state index < -0.39 is 0 Å². The van der Waals surface area contributed by atoms with Gasteiger partial charge >= 0.3 is 0 Å². The van der Waals surface area contributed by atoms with E-state index in [2.05, 4.69) is 38.3 Å². The Morgan fingerprint density at radius 3 is 2.11 bits per heavy atom. The van der Waals surface area contributed by atoms with Crippen LogP contribution in [0.25, 0.3) is 0 Å². The number of carbonyl (C=O) groups excluding carboxylic acids is 2. The lowest BCUT2D eigenvalue weighted by Gasteiger charge is -2.15. The van der Waals surface area contributed by atoms with Gasteiger partial charge in [0, 0.05) is 31.5 Å². The first kappa shape index (κ1) is 23.2. The highest BCUT2D eigenvalue weighted by atomic mass is 16.2. The minimum absolute atomic E-state index is 0.0216. The third kappa shape index (κ3) is 9.57. The summed E-state index contributed by atoms with van der Waals surface area (Å²) in [6.07, 6.45) is 1.73. The monoisotopic (exact) mass is 376 g/mol. The van der Waals surface area contributed by atoms with Crippen molar-refractivity contribution in [3.63, 3.8) is 0 Å². The molecular weight excluding hydrogens is 338 g/mol. The molecule has 2 amide bonds. The number of carbonyl (C=O) groups is 2. The molecule has 3 N–H and O–H groups in total. The predicted octanol–water partition coefficient (Wildman–Crippen LogP) is 2.60. The SMILES string of the molecule is CC[NH+](CC)CCCNC(=O)C[C@H](C)CC(=O)Nc1ccc(C(C)C)cc1. The van der Waals surface area contributed by atoms with Crippen molar-refractivity contribution >= 4 is 17.5 Å². The van der Waals surface area contributed by atoms with Crippen LogP contribution in [0, 0.1) is 5.92 Å². The fourth-order valence-corrected chi connectivity index (χ4v) is 3.11. The predicted molar refractivity (Wildman–Crippen MR) is 112 cm³/mol. The molecule has 0 aliphatic heterocycles.